The van der Waals surface area contributed by atoms with E-state index < -0.39 is 0 Å². The van der Waals surface area contributed by atoms with Crippen molar-refractivity contribution in [1.82, 2.24) is 20.2 Å². The van der Waals surface area contributed by atoms with Crippen molar-refractivity contribution in [2.75, 3.05) is 0 Å². The van der Waals surface area contributed by atoms with E-state index in [0.29, 0.717) is 0 Å². The Morgan fingerprint density at radius 1 is 1.19 bits per heavy atom. The molecule has 4 heteroatoms. The summed E-state index contributed by atoms with van der Waals surface area (Å²) in [6.07, 6.45) is 7.83. The third-order valence-electron chi connectivity index (χ3n) is 3.22. The number of hydrogen-bond donors (Lipinski definition) is 0. The molecule has 0 amide bonds. The summed E-state index contributed by atoms with van der Waals surface area (Å²) in [4.78, 5) is 0. The molecule has 92 valence electrons. The molecule has 0 radical (unpaired) electrons. The lowest BCUT2D eigenvalue weighted by atomic mass is 9.95. The molecule has 0 aromatic carbocycles. The summed E-state index contributed by atoms with van der Waals surface area (Å²) < 4.78 is 1.89. The normalized spacial score (nSPS) is 12.9. The highest BCUT2D eigenvalue weighted by Gasteiger charge is 2.05. The van der Waals surface area contributed by atoms with E-state index in [1.54, 1.807) is 0 Å². The molecule has 0 aliphatic carbocycles. The fourth-order valence-electron chi connectivity index (χ4n) is 2.11. The molecular formula is C12H24N4. The lowest BCUT2D eigenvalue weighted by Gasteiger charge is -2.13. The van der Waals surface area contributed by atoms with Crippen LogP contribution < -0.4 is 0 Å². The molecule has 1 aromatic heterocycles. The zero-order valence-corrected chi connectivity index (χ0v) is 10.8. The molecule has 0 saturated heterocycles. The van der Waals surface area contributed by atoms with E-state index in [4.69, 9.17) is 0 Å². The quantitative estimate of drug-likeness (QED) is 0.638. The van der Waals surface area contributed by atoms with Crippen LogP contribution in [0.15, 0.2) is 0 Å². The van der Waals surface area contributed by atoms with Gasteiger partial charge in [-0.1, -0.05) is 46.0 Å². The van der Waals surface area contributed by atoms with Crippen molar-refractivity contribution in [2.45, 2.75) is 65.8 Å². The second-order valence-electron chi connectivity index (χ2n) is 4.51. The van der Waals surface area contributed by atoms with Gasteiger partial charge in [0.1, 0.15) is 5.82 Å². The summed E-state index contributed by atoms with van der Waals surface area (Å²) in [7, 11) is 0. The molecule has 0 aliphatic rings. The minimum atomic E-state index is 0.917. The van der Waals surface area contributed by atoms with E-state index in [1.807, 2.05) is 11.6 Å². The molecule has 1 heterocycles. The first-order valence-corrected chi connectivity index (χ1v) is 6.50. The Hall–Kier alpha value is -0.930. The minimum absolute atomic E-state index is 0.917. The van der Waals surface area contributed by atoms with Crippen LogP contribution in [0, 0.1) is 12.8 Å². The molecule has 0 spiro atoms. The lowest BCUT2D eigenvalue weighted by Crippen LogP contribution is -2.04. The first-order chi connectivity index (χ1) is 7.77. The molecule has 1 atom stereocenters. The van der Waals surface area contributed by atoms with Gasteiger partial charge in [-0.2, -0.15) is 0 Å². The monoisotopic (exact) mass is 224 g/mol. The average molecular weight is 224 g/mol. The van der Waals surface area contributed by atoms with Gasteiger partial charge < -0.3 is 0 Å². The summed E-state index contributed by atoms with van der Waals surface area (Å²) >= 11 is 0. The smallest absolute Gasteiger partial charge is 0.148 e. The second kappa shape index (κ2) is 7.36. The van der Waals surface area contributed by atoms with Crippen molar-refractivity contribution in [3.8, 4) is 0 Å². The predicted molar refractivity (Wildman–Crippen MR) is 65.1 cm³/mol. The average Bonchev–Trinajstić information content (AvgIpc) is 2.69. The first-order valence-electron chi connectivity index (χ1n) is 6.50. The van der Waals surface area contributed by atoms with Gasteiger partial charge in [0.2, 0.25) is 0 Å². The van der Waals surface area contributed by atoms with Crippen LogP contribution >= 0.6 is 0 Å². The van der Waals surface area contributed by atoms with Gasteiger partial charge in [0, 0.05) is 6.54 Å². The molecular weight excluding hydrogens is 200 g/mol. The maximum absolute atomic E-state index is 3.94. The Kier molecular flexibility index (Phi) is 6.04. The highest BCUT2D eigenvalue weighted by Crippen LogP contribution is 2.18. The van der Waals surface area contributed by atoms with Gasteiger partial charge >= 0.3 is 0 Å². The van der Waals surface area contributed by atoms with Gasteiger partial charge in [0.15, 0.2) is 0 Å². The number of unbranched alkanes of at least 4 members (excludes halogenated alkanes) is 1. The van der Waals surface area contributed by atoms with Crippen molar-refractivity contribution in [2.24, 2.45) is 5.92 Å². The zero-order chi connectivity index (χ0) is 11.8. The standard InChI is InChI=1S/C12H24N4/c1-4-8-12(5-2)9-6-7-10-16-11(3)13-14-15-16/h12H,4-10H2,1-3H3. The first kappa shape index (κ1) is 13.1. The number of tetrazole rings is 1. The molecule has 0 saturated carbocycles. The summed E-state index contributed by atoms with van der Waals surface area (Å²) in [5.74, 6) is 1.83. The van der Waals surface area contributed by atoms with Gasteiger partial charge in [-0.3, -0.25) is 0 Å². The molecule has 0 N–H and O–H groups in total. The maximum atomic E-state index is 3.94. The van der Waals surface area contributed by atoms with E-state index in [2.05, 4.69) is 29.4 Å². The van der Waals surface area contributed by atoms with Crippen LogP contribution in [0.2, 0.25) is 0 Å². The summed E-state index contributed by atoms with van der Waals surface area (Å²) in [6, 6.07) is 0. The number of aromatic nitrogens is 4. The largest absolute Gasteiger partial charge is 0.230 e. The zero-order valence-electron chi connectivity index (χ0n) is 10.8. The van der Waals surface area contributed by atoms with Crippen molar-refractivity contribution >= 4 is 0 Å². The Morgan fingerprint density at radius 2 is 2.00 bits per heavy atom. The van der Waals surface area contributed by atoms with Gasteiger partial charge in [0.05, 0.1) is 0 Å². The summed E-state index contributed by atoms with van der Waals surface area (Å²) in [5.41, 5.74) is 0. The van der Waals surface area contributed by atoms with Crippen molar-refractivity contribution in [3.05, 3.63) is 5.82 Å². The van der Waals surface area contributed by atoms with E-state index in [9.17, 15) is 0 Å². The molecule has 0 aliphatic heterocycles. The van der Waals surface area contributed by atoms with Gasteiger partial charge in [-0.05, 0) is 29.7 Å². The van der Waals surface area contributed by atoms with Gasteiger partial charge in [-0.15, -0.1) is 5.10 Å². The maximum Gasteiger partial charge on any atom is 0.148 e. The molecule has 1 rings (SSSR count). The highest BCUT2D eigenvalue weighted by molar-refractivity contribution is 4.72. The van der Waals surface area contributed by atoms with Crippen LogP contribution in [-0.4, -0.2) is 20.2 Å². The van der Waals surface area contributed by atoms with Crippen LogP contribution in [0.3, 0.4) is 0 Å². The van der Waals surface area contributed by atoms with E-state index in [0.717, 1.165) is 18.3 Å². The molecule has 16 heavy (non-hydrogen) atoms. The van der Waals surface area contributed by atoms with Crippen molar-refractivity contribution < 1.29 is 0 Å². The minimum Gasteiger partial charge on any atom is -0.230 e. The third kappa shape index (κ3) is 4.29. The SMILES string of the molecule is CCCC(CC)CCCCn1nnnc1C. The summed E-state index contributed by atoms with van der Waals surface area (Å²) in [6.45, 7) is 7.48. The van der Waals surface area contributed by atoms with Crippen molar-refractivity contribution in [1.29, 1.82) is 0 Å². The molecule has 1 unspecified atom stereocenters. The van der Waals surface area contributed by atoms with Crippen LogP contribution in [0.4, 0.5) is 0 Å². The fourth-order valence-corrected chi connectivity index (χ4v) is 2.11. The number of hydrogen-bond acceptors (Lipinski definition) is 3. The van der Waals surface area contributed by atoms with Crippen LogP contribution in [0.1, 0.15) is 58.2 Å². The van der Waals surface area contributed by atoms with Gasteiger partial charge in [0.25, 0.3) is 0 Å². The number of rotatable bonds is 8. The molecule has 4 nitrogen and oxygen atoms in total. The third-order valence-corrected chi connectivity index (χ3v) is 3.22. The topological polar surface area (TPSA) is 43.6 Å². The number of aryl methyl sites for hydroxylation is 2. The fraction of sp³-hybridized carbons (Fsp3) is 0.917. The highest BCUT2D eigenvalue weighted by atomic mass is 15.5. The Morgan fingerprint density at radius 3 is 2.56 bits per heavy atom. The number of nitrogens with zero attached hydrogens (tertiary/aromatic N) is 4. The Bertz CT molecular complexity index is 282. The lowest BCUT2D eigenvalue weighted by molar-refractivity contribution is 0.400. The van der Waals surface area contributed by atoms with Crippen molar-refractivity contribution in [3.63, 3.8) is 0 Å². The molecule has 1 aromatic rings. The van der Waals surface area contributed by atoms with Crippen LogP contribution in [-0.2, 0) is 6.54 Å². The van der Waals surface area contributed by atoms with E-state index in [-0.39, 0.29) is 0 Å². The second-order valence-corrected chi connectivity index (χ2v) is 4.51. The molecule has 0 fully saturated rings. The Labute approximate surface area is 98.4 Å². The predicted octanol–water partition coefficient (Wildman–Crippen LogP) is 2.98. The van der Waals surface area contributed by atoms with E-state index in [1.165, 1.54) is 38.5 Å². The Balaban J connectivity index is 2.14. The summed E-state index contributed by atoms with van der Waals surface area (Å²) in [5, 5.41) is 11.5. The van der Waals surface area contributed by atoms with Gasteiger partial charge in [-0.25, -0.2) is 4.68 Å². The van der Waals surface area contributed by atoms with Crippen LogP contribution in [0.25, 0.3) is 0 Å². The van der Waals surface area contributed by atoms with Crippen LogP contribution in [0.5, 0.6) is 0 Å². The van der Waals surface area contributed by atoms with E-state index >= 15 is 0 Å². The molecule has 0 bridgehead atoms.